The Morgan fingerprint density at radius 1 is 1.33 bits per heavy atom. The van der Waals surface area contributed by atoms with Crippen LogP contribution in [-0.4, -0.2) is 10.8 Å². The van der Waals surface area contributed by atoms with E-state index in [0.29, 0.717) is 27.8 Å². The molecule has 0 saturated heterocycles. The number of rotatable bonds is 4. The topological polar surface area (TPSA) is 56.0 Å². The summed E-state index contributed by atoms with van der Waals surface area (Å²) in [4.78, 5) is 16.2. The normalized spacial score (nSPS) is 10.6. The number of aromatic nitrogens is 1. The first-order valence-corrected chi connectivity index (χ1v) is 6.86. The van der Waals surface area contributed by atoms with Gasteiger partial charge in [0, 0.05) is 28.4 Å². The molecule has 2 rings (SSSR count). The van der Waals surface area contributed by atoms with Gasteiger partial charge < -0.3 is 5.73 Å². The maximum Gasteiger partial charge on any atom is 0.186 e. The summed E-state index contributed by atoms with van der Waals surface area (Å²) in [5.41, 5.74) is 6.50. The van der Waals surface area contributed by atoms with Crippen molar-refractivity contribution in [3.63, 3.8) is 0 Å². The zero-order chi connectivity index (χ0) is 13.1. The molecule has 0 aliphatic rings. The summed E-state index contributed by atoms with van der Waals surface area (Å²) < 4.78 is 0. The highest BCUT2D eigenvalue weighted by atomic mass is 35.5. The van der Waals surface area contributed by atoms with Gasteiger partial charge in [0.1, 0.15) is 10.7 Å². The van der Waals surface area contributed by atoms with Gasteiger partial charge in [-0.25, -0.2) is 4.98 Å². The number of ketones is 1. The highest BCUT2D eigenvalue weighted by Gasteiger charge is 2.15. The first-order valence-electron chi connectivity index (χ1n) is 5.22. The standard InChI is InChI=1S/C12H10Cl2N2OS/c13-8-2-1-3-9(14)7(8)4-11(17)10-6-18-12(5-15)16-10/h1-3,6H,4-5,15H2. The van der Waals surface area contributed by atoms with Gasteiger partial charge in [0.15, 0.2) is 5.78 Å². The van der Waals surface area contributed by atoms with E-state index in [1.807, 2.05) is 0 Å². The van der Waals surface area contributed by atoms with Crippen molar-refractivity contribution in [2.75, 3.05) is 0 Å². The Labute approximate surface area is 119 Å². The van der Waals surface area contributed by atoms with E-state index in [1.165, 1.54) is 11.3 Å². The molecule has 0 aliphatic heterocycles. The van der Waals surface area contributed by atoms with Crippen LogP contribution in [-0.2, 0) is 13.0 Å². The molecule has 3 nitrogen and oxygen atoms in total. The van der Waals surface area contributed by atoms with Crippen molar-refractivity contribution < 1.29 is 4.79 Å². The SMILES string of the molecule is NCc1nc(C(=O)Cc2c(Cl)cccc2Cl)cs1. The molecule has 2 N–H and O–H groups in total. The Morgan fingerprint density at radius 3 is 2.56 bits per heavy atom. The summed E-state index contributed by atoms with van der Waals surface area (Å²) in [6, 6.07) is 5.17. The number of nitrogens with two attached hydrogens (primary N) is 1. The zero-order valence-corrected chi connectivity index (χ0v) is 11.6. The van der Waals surface area contributed by atoms with Crippen molar-refractivity contribution in [3.05, 3.63) is 49.9 Å². The van der Waals surface area contributed by atoms with Crippen molar-refractivity contribution in [3.8, 4) is 0 Å². The van der Waals surface area contributed by atoms with Crippen LogP contribution >= 0.6 is 34.5 Å². The van der Waals surface area contributed by atoms with E-state index in [4.69, 9.17) is 28.9 Å². The van der Waals surface area contributed by atoms with E-state index in [-0.39, 0.29) is 12.2 Å². The maximum absolute atomic E-state index is 12.0. The maximum atomic E-state index is 12.0. The summed E-state index contributed by atoms with van der Waals surface area (Å²) in [7, 11) is 0. The van der Waals surface area contributed by atoms with Crippen molar-refractivity contribution >= 4 is 40.3 Å². The van der Waals surface area contributed by atoms with Gasteiger partial charge >= 0.3 is 0 Å². The molecule has 1 aromatic heterocycles. The lowest BCUT2D eigenvalue weighted by Crippen LogP contribution is -2.06. The average molecular weight is 301 g/mol. The fourth-order valence-corrected chi connectivity index (χ4v) is 2.70. The molecule has 2 aromatic rings. The largest absolute Gasteiger partial charge is 0.325 e. The average Bonchev–Trinajstić information content (AvgIpc) is 2.82. The molecule has 1 heterocycles. The van der Waals surface area contributed by atoms with Gasteiger partial charge in [-0.1, -0.05) is 29.3 Å². The van der Waals surface area contributed by atoms with Crippen LogP contribution in [0.25, 0.3) is 0 Å². The molecule has 0 radical (unpaired) electrons. The zero-order valence-electron chi connectivity index (χ0n) is 9.32. The Balaban J connectivity index is 2.21. The monoisotopic (exact) mass is 300 g/mol. The number of benzene rings is 1. The summed E-state index contributed by atoms with van der Waals surface area (Å²) in [6.07, 6.45) is 0.145. The smallest absolute Gasteiger partial charge is 0.186 e. The number of carbonyl (C=O) groups excluding carboxylic acids is 1. The van der Waals surface area contributed by atoms with E-state index in [2.05, 4.69) is 4.98 Å². The quantitative estimate of drug-likeness (QED) is 0.881. The first-order chi connectivity index (χ1) is 8.61. The predicted octanol–water partition coefficient (Wildman–Crippen LogP) is 3.33. The number of hydrogen-bond acceptors (Lipinski definition) is 4. The van der Waals surface area contributed by atoms with Crippen LogP contribution in [0, 0.1) is 0 Å². The minimum Gasteiger partial charge on any atom is -0.325 e. The van der Waals surface area contributed by atoms with Crippen molar-refractivity contribution in [2.45, 2.75) is 13.0 Å². The van der Waals surface area contributed by atoms with Crippen LogP contribution in [0.4, 0.5) is 0 Å². The lowest BCUT2D eigenvalue weighted by atomic mass is 10.1. The van der Waals surface area contributed by atoms with Crippen LogP contribution < -0.4 is 5.73 Å². The van der Waals surface area contributed by atoms with E-state index < -0.39 is 0 Å². The molecule has 0 spiro atoms. The molecule has 0 aliphatic carbocycles. The highest BCUT2D eigenvalue weighted by Crippen LogP contribution is 2.25. The molecule has 0 unspecified atom stereocenters. The van der Waals surface area contributed by atoms with Gasteiger partial charge in [-0.3, -0.25) is 4.79 Å². The Kier molecular flexibility index (Phi) is 4.35. The van der Waals surface area contributed by atoms with Gasteiger partial charge in [0.05, 0.1) is 0 Å². The van der Waals surface area contributed by atoms with Crippen LogP contribution in [0.15, 0.2) is 23.6 Å². The minimum atomic E-state index is -0.110. The summed E-state index contributed by atoms with van der Waals surface area (Å²) in [5, 5.41) is 3.42. The number of hydrogen-bond donors (Lipinski definition) is 1. The Bertz CT molecular complexity index is 563. The third kappa shape index (κ3) is 2.90. The lowest BCUT2D eigenvalue weighted by molar-refractivity contribution is 0.0988. The Hall–Kier alpha value is -0.940. The summed E-state index contributed by atoms with van der Waals surface area (Å²) >= 11 is 13.4. The van der Waals surface area contributed by atoms with E-state index in [9.17, 15) is 4.79 Å². The van der Waals surface area contributed by atoms with Crippen molar-refractivity contribution in [1.29, 1.82) is 0 Å². The highest BCUT2D eigenvalue weighted by molar-refractivity contribution is 7.09. The fraction of sp³-hybridized carbons (Fsp3) is 0.167. The lowest BCUT2D eigenvalue weighted by Gasteiger charge is -2.04. The second-order valence-electron chi connectivity index (χ2n) is 3.63. The van der Waals surface area contributed by atoms with Crippen LogP contribution in [0.1, 0.15) is 21.1 Å². The molecule has 0 atom stereocenters. The molecule has 94 valence electrons. The molecule has 0 fully saturated rings. The predicted molar refractivity (Wildman–Crippen MR) is 74.5 cm³/mol. The molecule has 18 heavy (non-hydrogen) atoms. The van der Waals surface area contributed by atoms with E-state index in [0.717, 1.165) is 5.01 Å². The Morgan fingerprint density at radius 2 is 2.00 bits per heavy atom. The van der Waals surface area contributed by atoms with Crippen LogP contribution in [0.5, 0.6) is 0 Å². The van der Waals surface area contributed by atoms with Crippen LogP contribution in [0.2, 0.25) is 10.0 Å². The van der Waals surface area contributed by atoms with Gasteiger partial charge in [-0.05, 0) is 17.7 Å². The number of nitrogens with zero attached hydrogens (tertiary/aromatic N) is 1. The molecule has 0 saturated carbocycles. The van der Waals surface area contributed by atoms with Crippen LogP contribution in [0.3, 0.4) is 0 Å². The van der Waals surface area contributed by atoms with Gasteiger partial charge in [-0.2, -0.15) is 0 Å². The first kappa shape index (κ1) is 13.5. The molecular formula is C12H10Cl2N2OS. The minimum absolute atomic E-state index is 0.110. The van der Waals surface area contributed by atoms with Gasteiger partial charge in [-0.15, -0.1) is 11.3 Å². The molecule has 6 heteroatoms. The number of carbonyl (C=O) groups is 1. The summed E-state index contributed by atoms with van der Waals surface area (Å²) in [5.74, 6) is -0.110. The van der Waals surface area contributed by atoms with Gasteiger partial charge in [0.2, 0.25) is 0 Å². The number of halogens is 2. The molecule has 0 amide bonds. The fourth-order valence-electron chi connectivity index (χ4n) is 1.49. The van der Waals surface area contributed by atoms with Gasteiger partial charge in [0.25, 0.3) is 0 Å². The number of Topliss-reactive ketones (excluding diaryl/α,β-unsaturated/α-hetero) is 1. The molecule has 0 bridgehead atoms. The second kappa shape index (κ2) is 5.80. The summed E-state index contributed by atoms with van der Waals surface area (Å²) in [6.45, 7) is 0.338. The van der Waals surface area contributed by atoms with E-state index in [1.54, 1.807) is 23.6 Å². The van der Waals surface area contributed by atoms with Crippen molar-refractivity contribution in [1.82, 2.24) is 4.98 Å². The molecule has 1 aromatic carbocycles. The number of thiazole rings is 1. The third-order valence-corrected chi connectivity index (χ3v) is 3.99. The van der Waals surface area contributed by atoms with Crippen molar-refractivity contribution in [2.24, 2.45) is 5.73 Å². The van der Waals surface area contributed by atoms with E-state index >= 15 is 0 Å². The molecular weight excluding hydrogens is 291 g/mol. The second-order valence-corrected chi connectivity index (χ2v) is 5.39. The third-order valence-electron chi connectivity index (χ3n) is 2.41.